The predicted octanol–water partition coefficient (Wildman–Crippen LogP) is 5.92. The van der Waals surface area contributed by atoms with Gasteiger partial charge in [0.15, 0.2) is 0 Å². The summed E-state index contributed by atoms with van der Waals surface area (Å²) >= 11 is 0. The summed E-state index contributed by atoms with van der Waals surface area (Å²) in [5, 5.41) is 13.2. The number of hydrogen-bond donors (Lipinski definition) is 1. The molecule has 0 aliphatic heterocycles. The van der Waals surface area contributed by atoms with Gasteiger partial charge in [-0.05, 0) is 0 Å². The molecule has 0 saturated carbocycles. The Bertz CT molecular complexity index is 797. The first kappa shape index (κ1) is 23.2. The van der Waals surface area contributed by atoms with E-state index in [1.807, 2.05) is 0 Å². The van der Waals surface area contributed by atoms with Crippen molar-refractivity contribution in [1.29, 1.82) is 0 Å². The molecule has 0 aliphatic carbocycles. The summed E-state index contributed by atoms with van der Waals surface area (Å²) in [4.78, 5) is 10.6. The Morgan fingerprint density at radius 3 is 1.29 bits per heavy atom. The fourth-order valence-corrected chi connectivity index (χ4v) is 9.58. The summed E-state index contributed by atoms with van der Waals surface area (Å²) in [5.74, 6) is -0.677. The number of benzene rings is 3. The van der Waals surface area contributed by atoms with Gasteiger partial charge < -0.3 is 0 Å². The zero-order chi connectivity index (χ0) is 21.8. The molecule has 0 saturated heterocycles. The van der Waals surface area contributed by atoms with Crippen molar-refractivity contribution in [1.82, 2.24) is 0 Å². The summed E-state index contributed by atoms with van der Waals surface area (Å²) in [6, 6.07) is 33.4. The van der Waals surface area contributed by atoms with Crippen molar-refractivity contribution in [3.05, 3.63) is 91.0 Å². The number of rotatable bonds is 13. The van der Waals surface area contributed by atoms with E-state index < -0.39 is 13.2 Å². The molecule has 0 radical (unpaired) electrons. The molecule has 1 N–H and O–H groups in total. The number of aliphatic carboxylic acids is 1. The molecule has 0 spiro atoms. The molecule has 0 unspecified atom stereocenters. The third-order valence-electron chi connectivity index (χ3n) is 6.24. The van der Waals surface area contributed by atoms with Crippen molar-refractivity contribution in [2.45, 2.75) is 51.4 Å². The number of carbonyl (C=O) groups is 1. The van der Waals surface area contributed by atoms with Gasteiger partial charge >= 0.3 is 188 Å². The molecular formula is C28H35O2P. The minimum atomic E-state index is -2.08. The fourth-order valence-electron chi connectivity index (χ4n) is 4.65. The number of hydrogen-bond acceptors (Lipinski definition) is 1. The van der Waals surface area contributed by atoms with Crippen LogP contribution in [-0.4, -0.2) is 17.2 Å². The summed E-state index contributed by atoms with van der Waals surface area (Å²) in [5.41, 5.74) is 0. The topological polar surface area (TPSA) is 37.3 Å². The second-order valence-electron chi connectivity index (χ2n) is 8.37. The van der Waals surface area contributed by atoms with Crippen LogP contribution in [0.5, 0.6) is 0 Å². The number of carboxylic acids is 1. The van der Waals surface area contributed by atoms with Crippen LogP contribution in [0.1, 0.15) is 51.4 Å². The van der Waals surface area contributed by atoms with Gasteiger partial charge in [0.1, 0.15) is 0 Å². The van der Waals surface area contributed by atoms with Gasteiger partial charge in [-0.2, -0.15) is 0 Å². The van der Waals surface area contributed by atoms with Crippen molar-refractivity contribution in [2.75, 3.05) is 6.16 Å². The second kappa shape index (κ2) is 12.4. The van der Waals surface area contributed by atoms with Gasteiger partial charge in [-0.1, -0.05) is 0 Å². The predicted molar refractivity (Wildman–Crippen MR) is 136 cm³/mol. The Balaban J connectivity index is 1.72. The van der Waals surface area contributed by atoms with Crippen LogP contribution in [0.3, 0.4) is 0 Å². The molecule has 3 heteroatoms. The van der Waals surface area contributed by atoms with Gasteiger partial charge in [0, 0.05) is 0 Å². The van der Waals surface area contributed by atoms with E-state index in [2.05, 4.69) is 91.0 Å². The normalized spacial score (nSPS) is 11.9. The van der Waals surface area contributed by atoms with Crippen molar-refractivity contribution < 1.29 is 9.90 Å². The Morgan fingerprint density at radius 1 is 0.548 bits per heavy atom. The van der Waals surface area contributed by atoms with E-state index in [-0.39, 0.29) is 0 Å². The molecular weight excluding hydrogens is 399 g/mol. The molecule has 0 fully saturated rings. The van der Waals surface area contributed by atoms with E-state index >= 15 is 0 Å². The van der Waals surface area contributed by atoms with E-state index in [4.69, 9.17) is 5.11 Å². The van der Waals surface area contributed by atoms with Gasteiger partial charge in [0.2, 0.25) is 0 Å². The summed E-state index contributed by atoms with van der Waals surface area (Å²) < 4.78 is 0. The van der Waals surface area contributed by atoms with E-state index in [0.717, 1.165) is 19.3 Å². The molecule has 0 aromatic heterocycles. The Kier molecular flexibility index (Phi) is 9.31. The molecule has 0 heterocycles. The maximum absolute atomic E-state index is 10.6. The van der Waals surface area contributed by atoms with Crippen LogP contribution in [-0.2, 0) is 4.79 Å². The molecule has 164 valence electrons. The van der Waals surface area contributed by atoms with E-state index in [1.54, 1.807) is 0 Å². The first-order valence-corrected chi connectivity index (χ1v) is 13.8. The van der Waals surface area contributed by atoms with Gasteiger partial charge in [-0.3, -0.25) is 0 Å². The summed E-state index contributed by atoms with van der Waals surface area (Å²) in [6.45, 7) is 0. The Morgan fingerprint density at radius 2 is 0.903 bits per heavy atom. The monoisotopic (exact) mass is 434 g/mol. The molecule has 31 heavy (non-hydrogen) atoms. The maximum atomic E-state index is 10.6. The molecule has 0 bridgehead atoms. The first-order valence-electron chi connectivity index (χ1n) is 11.6. The Hall–Kier alpha value is -2.44. The van der Waals surface area contributed by atoms with E-state index in [9.17, 15) is 4.79 Å². The summed E-state index contributed by atoms with van der Waals surface area (Å²) in [6.07, 6.45) is 9.39. The van der Waals surface area contributed by atoms with Crippen LogP contribution in [0.4, 0.5) is 0 Å². The van der Waals surface area contributed by atoms with Crippen LogP contribution < -0.4 is 15.9 Å². The van der Waals surface area contributed by atoms with Gasteiger partial charge in [0.25, 0.3) is 0 Å². The number of carboxylic acid groups (broad SMARTS) is 1. The van der Waals surface area contributed by atoms with Crippen LogP contribution in [0.2, 0.25) is 0 Å². The van der Waals surface area contributed by atoms with Crippen molar-refractivity contribution in [3.8, 4) is 0 Å². The first-order chi connectivity index (χ1) is 15.2. The molecule has 3 rings (SSSR count). The van der Waals surface area contributed by atoms with Crippen LogP contribution in [0.25, 0.3) is 0 Å². The van der Waals surface area contributed by atoms with Crippen LogP contribution in [0, 0.1) is 0 Å². The quantitative estimate of drug-likeness (QED) is 0.268. The third-order valence-corrected chi connectivity index (χ3v) is 11.3. The van der Waals surface area contributed by atoms with Crippen LogP contribution in [0.15, 0.2) is 91.0 Å². The Labute approximate surface area is 187 Å². The van der Waals surface area contributed by atoms with Gasteiger partial charge in [-0.25, -0.2) is 0 Å². The van der Waals surface area contributed by atoms with Gasteiger partial charge in [0.05, 0.1) is 0 Å². The third kappa shape index (κ3) is 6.52. The van der Waals surface area contributed by atoms with Crippen molar-refractivity contribution in [3.63, 3.8) is 0 Å². The molecule has 3 aromatic carbocycles. The van der Waals surface area contributed by atoms with E-state index in [0.29, 0.717) is 6.42 Å². The van der Waals surface area contributed by atoms with Crippen molar-refractivity contribution >= 4 is 29.1 Å². The SMILES string of the molecule is O=C(O)CCCCCCCCC[PH](c1ccccc1)(c1ccccc1)c1ccccc1. The molecule has 0 aliphatic rings. The molecule has 0 amide bonds. The zero-order valence-electron chi connectivity index (χ0n) is 18.4. The average Bonchev–Trinajstić information content (AvgIpc) is 2.82. The zero-order valence-corrected chi connectivity index (χ0v) is 19.4. The average molecular weight is 435 g/mol. The van der Waals surface area contributed by atoms with Crippen LogP contribution >= 0.6 is 7.26 Å². The molecule has 2 nitrogen and oxygen atoms in total. The molecule has 0 atom stereocenters. The standard InChI is InChI=1S/C28H35O2P/c29-28(30)23-15-4-2-1-3-5-16-24-31(25-17-9-6-10-18-25,26-19-11-7-12-20-26)27-21-13-8-14-22-27/h6-14,17-22,31H,1-5,15-16,23-24H2,(H,29,30). The number of unbranched alkanes of at least 4 members (excludes halogenated alkanes) is 6. The molecule has 3 aromatic rings. The van der Waals surface area contributed by atoms with E-state index in [1.165, 1.54) is 47.8 Å². The van der Waals surface area contributed by atoms with Gasteiger partial charge in [-0.15, -0.1) is 0 Å². The van der Waals surface area contributed by atoms with Crippen molar-refractivity contribution in [2.24, 2.45) is 0 Å². The summed E-state index contributed by atoms with van der Waals surface area (Å²) in [7, 11) is -2.08. The second-order valence-corrected chi connectivity index (χ2v) is 12.4. The minimum absolute atomic E-state index is 0.305. The fraction of sp³-hybridized carbons (Fsp3) is 0.321.